The van der Waals surface area contributed by atoms with Crippen molar-refractivity contribution in [2.75, 3.05) is 11.0 Å². The summed E-state index contributed by atoms with van der Waals surface area (Å²) in [4.78, 5) is 11.5. The highest BCUT2D eigenvalue weighted by Gasteiger charge is 2.27. The van der Waals surface area contributed by atoms with E-state index in [2.05, 4.69) is 28.7 Å². The van der Waals surface area contributed by atoms with Crippen LogP contribution < -0.4 is 10.4 Å². The molecule has 0 radical (unpaired) electrons. The van der Waals surface area contributed by atoms with Gasteiger partial charge in [-0.05, 0) is 25.5 Å². The number of ether oxygens (including phenoxy) is 1. The molecule has 0 saturated heterocycles. The van der Waals surface area contributed by atoms with Gasteiger partial charge < -0.3 is 9.15 Å². The molecule has 1 aliphatic rings. The monoisotopic (exact) mass is 356 g/mol. The van der Waals surface area contributed by atoms with Gasteiger partial charge in [-0.15, -0.1) is 0 Å². The summed E-state index contributed by atoms with van der Waals surface area (Å²) in [7, 11) is 0. The predicted molar refractivity (Wildman–Crippen MR) is 79.1 cm³/mol. The van der Waals surface area contributed by atoms with Crippen molar-refractivity contribution in [3.05, 3.63) is 39.2 Å². The van der Waals surface area contributed by atoms with Gasteiger partial charge in [0.05, 0.1) is 6.61 Å². The zero-order chi connectivity index (χ0) is 12.9. The maximum atomic E-state index is 11.5. The summed E-state index contributed by atoms with van der Waals surface area (Å²) < 4.78 is 12.1. The molecule has 3 rings (SSSR count). The Morgan fingerprint density at radius 3 is 2.89 bits per heavy atom. The van der Waals surface area contributed by atoms with Crippen LogP contribution >= 0.6 is 22.6 Å². The smallest absolute Gasteiger partial charge is 0.336 e. The van der Waals surface area contributed by atoms with Gasteiger partial charge in [-0.3, -0.25) is 0 Å². The third kappa shape index (κ3) is 1.66. The maximum Gasteiger partial charge on any atom is 0.336 e. The Morgan fingerprint density at radius 1 is 1.39 bits per heavy atom. The first-order valence-corrected chi connectivity index (χ1v) is 7.41. The van der Waals surface area contributed by atoms with Crippen molar-refractivity contribution < 1.29 is 9.15 Å². The van der Waals surface area contributed by atoms with E-state index in [1.54, 1.807) is 6.07 Å². The van der Waals surface area contributed by atoms with E-state index in [9.17, 15) is 4.79 Å². The van der Waals surface area contributed by atoms with Crippen LogP contribution in [-0.2, 0) is 0 Å². The Hall–Kier alpha value is -1.04. The first kappa shape index (κ1) is 12.0. The fraction of sp³-hybridized carbons (Fsp3) is 0.357. The second-order valence-electron chi connectivity index (χ2n) is 4.71. The van der Waals surface area contributed by atoms with Crippen LogP contribution in [0.2, 0.25) is 0 Å². The van der Waals surface area contributed by atoms with Gasteiger partial charge in [0, 0.05) is 32.9 Å². The number of hydrogen-bond acceptors (Lipinski definition) is 3. The summed E-state index contributed by atoms with van der Waals surface area (Å²) in [6.07, 6.45) is 0. The highest BCUT2D eigenvalue weighted by atomic mass is 127. The Kier molecular flexibility index (Phi) is 2.84. The minimum Gasteiger partial charge on any atom is -0.492 e. The lowest BCUT2D eigenvalue weighted by molar-refractivity contribution is 0.337. The molecule has 1 aromatic heterocycles. The van der Waals surface area contributed by atoms with Crippen molar-refractivity contribution >= 4 is 33.6 Å². The number of fused-ring (bicyclic) bond motifs is 2. The zero-order valence-electron chi connectivity index (χ0n) is 10.2. The Balaban J connectivity index is 2.40. The number of halogens is 1. The molecule has 0 saturated carbocycles. The van der Waals surface area contributed by atoms with Crippen LogP contribution in [0.15, 0.2) is 21.3 Å². The van der Waals surface area contributed by atoms with Gasteiger partial charge in [-0.25, -0.2) is 4.79 Å². The molecule has 0 aliphatic carbocycles. The fourth-order valence-electron chi connectivity index (χ4n) is 2.51. The van der Waals surface area contributed by atoms with E-state index in [0.717, 1.165) is 33.3 Å². The van der Waals surface area contributed by atoms with Gasteiger partial charge in [-0.1, -0.05) is 22.6 Å². The normalized spacial score (nSPS) is 17.8. The highest BCUT2D eigenvalue weighted by molar-refractivity contribution is 14.1. The van der Waals surface area contributed by atoms with Crippen molar-refractivity contribution in [2.45, 2.75) is 19.8 Å². The average molecular weight is 356 g/mol. The van der Waals surface area contributed by atoms with Gasteiger partial charge in [0.1, 0.15) is 11.3 Å². The number of rotatable bonds is 1. The van der Waals surface area contributed by atoms with Gasteiger partial charge in [0.2, 0.25) is 0 Å². The van der Waals surface area contributed by atoms with E-state index >= 15 is 0 Å². The molecule has 2 heterocycles. The lowest BCUT2D eigenvalue weighted by Gasteiger charge is -2.09. The Bertz CT molecular complexity index is 687. The minimum atomic E-state index is -0.300. The predicted octanol–water partition coefficient (Wildman–Crippen LogP) is 3.32. The van der Waals surface area contributed by atoms with E-state index in [-0.39, 0.29) is 5.63 Å². The van der Waals surface area contributed by atoms with Crippen molar-refractivity contribution in [3.8, 4) is 5.75 Å². The molecule has 94 valence electrons. The first-order chi connectivity index (χ1) is 8.61. The van der Waals surface area contributed by atoms with Crippen LogP contribution in [0.5, 0.6) is 5.75 Å². The topological polar surface area (TPSA) is 39.4 Å². The van der Waals surface area contributed by atoms with Crippen molar-refractivity contribution in [1.82, 2.24) is 0 Å². The third-order valence-electron chi connectivity index (χ3n) is 3.50. The number of aryl methyl sites for hydroxylation is 2. The second-order valence-corrected chi connectivity index (χ2v) is 5.59. The van der Waals surface area contributed by atoms with Crippen molar-refractivity contribution in [3.63, 3.8) is 0 Å². The molecule has 1 aromatic carbocycles. The molecule has 1 unspecified atom stereocenters. The van der Waals surface area contributed by atoms with Crippen LogP contribution in [-0.4, -0.2) is 11.0 Å². The van der Waals surface area contributed by atoms with E-state index in [0.29, 0.717) is 11.5 Å². The van der Waals surface area contributed by atoms with E-state index in [1.165, 1.54) is 5.56 Å². The number of benzene rings is 1. The zero-order valence-corrected chi connectivity index (χ0v) is 12.4. The van der Waals surface area contributed by atoms with E-state index in [4.69, 9.17) is 9.15 Å². The molecule has 3 nitrogen and oxygen atoms in total. The number of hydrogen-bond donors (Lipinski definition) is 0. The van der Waals surface area contributed by atoms with Crippen LogP contribution in [0.4, 0.5) is 0 Å². The highest BCUT2D eigenvalue weighted by Crippen LogP contribution is 2.41. The van der Waals surface area contributed by atoms with Crippen LogP contribution in [0.1, 0.15) is 22.6 Å². The lowest BCUT2D eigenvalue weighted by Crippen LogP contribution is -2.01. The van der Waals surface area contributed by atoms with Crippen molar-refractivity contribution in [1.29, 1.82) is 0 Å². The summed E-state index contributed by atoms with van der Waals surface area (Å²) in [5.41, 5.74) is 3.51. The van der Waals surface area contributed by atoms with Gasteiger partial charge >= 0.3 is 5.63 Å². The number of alkyl halides is 1. The molecular formula is C14H13IO3. The summed E-state index contributed by atoms with van der Waals surface area (Å²) >= 11 is 2.38. The summed E-state index contributed by atoms with van der Waals surface area (Å²) in [5.74, 6) is 1.34. The molecule has 4 heteroatoms. The molecule has 0 bridgehead atoms. The second kappa shape index (κ2) is 4.26. The summed E-state index contributed by atoms with van der Waals surface area (Å²) in [6.45, 7) is 4.62. The van der Waals surface area contributed by atoms with Crippen LogP contribution in [0.3, 0.4) is 0 Å². The van der Waals surface area contributed by atoms with Crippen molar-refractivity contribution in [2.24, 2.45) is 0 Å². The summed E-state index contributed by atoms with van der Waals surface area (Å²) in [5, 5.41) is 1.02. The van der Waals surface area contributed by atoms with Crippen LogP contribution in [0, 0.1) is 13.8 Å². The van der Waals surface area contributed by atoms with E-state index < -0.39 is 0 Å². The van der Waals surface area contributed by atoms with Gasteiger partial charge in [0.15, 0.2) is 0 Å². The molecular weight excluding hydrogens is 343 g/mol. The van der Waals surface area contributed by atoms with E-state index in [1.807, 2.05) is 13.8 Å². The standard InChI is InChI=1S/C14H13IO3/c1-7-3-12(16)18-14-8(2)13-11(4-10(7)14)9(5-15)6-17-13/h3-4,9H,5-6H2,1-2H3. The SMILES string of the molecule is Cc1cc(=O)oc2c(C)c3c(cc12)C(CI)CO3. The summed E-state index contributed by atoms with van der Waals surface area (Å²) in [6, 6.07) is 3.66. The largest absolute Gasteiger partial charge is 0.492 e. The molecule has 2 aromatic rings. The fourth-order valence-corrected chi connectivity index (χ4v) is 3.24. The quantitative estimate of drug-likeness (QED) is 0.447. The molecule has 0 amide bonds. The molecule has 1 atom stereocenters. The molecule has 0 N–H and O–H groups in total. The molecule has 18 heavy (non-hydrogen) atoms. The van der Waals surface area contributed by atoms with Crippen LogP contribution in [0.25, 0.3) is 11.0 Å². The maximum absolute atomic E-state index is 11.5. The molecule has 0 fully saturated rings. The molecule has 1 aliphatic heterocycles. The Morgan fingerprint density at radius 2 is 2.17 bits per heavy atom. The lowest BCUT2D eigenvalue weighted by atomic mass is 9.97. The van der Waals surface area contributed by atoms with Gasteiger partial charge in [-0.2, -0.15) is 0 Å². The Labute approximate surface area is 118 Å². The third-order valence-corrected chi connectivity index (χ3v) is 4.57. The average Bonchev–Trinajstić information content (AvgIpc) is 2.74. The molecule has 0 spiro atoms. The first-order valence-electron chi connectivity index (χ1n) is 5.88. The van der Waals surface area contributed by atoms with Gasteiger partial charge in [0.25, 0.3) is 0 Å². The minimum absolute atomic E-state index is 0.300.